The molecule has 2 N–H and O–H groups in total. The number of hydrogen-bond donors (Lipinski definition) is 1. The van der Waals surface area contributed by atoms with Crippen LogP contribution in [0.15, 0.2) is 6.07 Å². The summed E-state index contributed by atoms with van der Waals surface area (Å²) in [6.07, 6.45) is 1.00. The summed E-state index contributed by atoms with van der Waals surface area (Å²) in [5.41, 5.74) is 5.79. The molecule has 104 valence electrons. The van der Waals surface area contributed by atoms with Crippen LogP contribution in [0.2, 0.25) is 0 Å². The van der Waals surface area contributed by atoms with Crippen molar-refractivity contribution in [3.05, 3.63) is 10.9 Å². The quantitative estimate of drug-likeness (QED) is 0.823. The van der Waals surface area contributed by atoms with E-state index in [2.05, 4.69) is 27.9 Å². The molecule has 0 saturated carbocycles. The zero-order valence-electron chi connectivity index (χ0n) is 11.6. The van der Waals surface area contributed by atoms with Gasteiger partial charge in [-0.1, -0.05) is 6.92 Å². The zero-order chi connectivity index (χ0) is 13.8. The van der Waals surface area contributed by atoms with Crippen molar-refractivity contribution in [3.63, 3.8) is 0 Å². The molecule has 0 amide bonds. The second kappa shape index (κ2) is 6.16. The lowest BCUT2D eigenvalue weighted by Gasteiger charge is -2.18. The topological polar surface area (TPSA) is 64.3 Å². The first-order valence-corrected chi connectivity index (χ1v) is 7.32. The average molecular weight is 280 g/mol. The number of rotatable bonds is 6. The Morgan fingerprint density at radius 1 is 1.37 bits per heavy atom. The van der Waals surface area contributed by atoms with Crippen LogP contribution in [0, 0.1) is 0 Å². The molecule has 0 atom stereocenters. The highest BCUT2D eigenvalue weighted by Gasteiger charge is 2.13. The molecule has 6 heteroatoms. The van der Waals surface area contributed by atoms with E-state index in [1.807, 2.05) is 14.0 Å². The van der Waals surface area contributed by atoms with Crippen LogP contribution in [-0.4, -0.2) is 36.8 Å². The molecule has 0 aromatic carbocycles. The summed E-state index contributed by atoms with van der Waals surface area (Å²) in [5.74, 6) is 1.22. The molecule has 0 aliphatic carbocycles. The van der Waals surface area contributed by atoms with Gasteiger partial charge >= 0.3 is 0 Å². The van der Waals surface area contributed by atoms with E-state index in [1.54, 1.807) is 11.3 Å². The summed E-state index contributed by atoms with van der Waals surface area (Å²) in [7, 11) is 2.00. The fourth-order valence-corrected chi connectivity index (χ4v) is 2.86. The van der Waals surface area contributed by atoms with Gasteiger partial charge in [-0.05, 0) is 19.4 Å². The Balaban J connectivity index is 2.32. The van der Waals surface area contributed by atoms with Gasteiger partial charge in [0.2, 0.25) is 5.95 Å². The number of aryl methyl sites for hydroxylation is 1. The predicted molar refractivity (Wildman–Crippen MR) is 81.0 cm³/mol. The molecule has 2 rings (SSSR count). The van der Waals surface area contributed by atoms with E-state index in [0.717, 1.165) is 35.6 Å². The van der Waals surface area contributed by atoms with Crippen molar-refractivity contribution in [1.29, 1.82) is 0 Å². The third-order valence-corrected chi connectivity index (χ3v) is 4.10. The summed E-state index contributed by atoms with van der Waals surface area (Å²) >= 11 is 1.68. The van der Waals surface area contributed by atoms with Crippen LogP contribution in [0.5, 0.6) is 0 Å². The number of nitrogen functional groups attached to an aromatic ring is 1. The first-order valence-electron chi connectivity index (χ1n) is 6.50. The smallest absolute Gasteiger partial charge is 0.223 e. The monoisotopic (exact) mass is 280 g/mol. The van der Waals surface area contributed by atoms with Crippen LogP contribution in [0.4, 0.5) is 11.8 Å². The van der Waals surface area contributed by atoms with Crippen molar-refractivity contribution in [2.24, 2.45) is 0 Å². The molecular weight excluding hydrogens is 260 g/mol. The number of nitrogens with two attached hydrogens (primary N) is 1. The zero-order valence-corrected chi connectivity index (χ0v) is 12.5. The second-order valence-corrected chi connectivity index (χ2v) is 5.42. The normalized spacial score (nSPS) is 11.1. The highest BCUT2D eigenvalue weighted by molar-refractivity contribution is 7.18. The van der Waals surface area contributed by atoms with E-state index in [-0.39, 0.29) is 0 Å². The molecule has 2 aromatic rings. The fourth-order valence-electron chi connectivity index (χ4n) is 1.89. The number of nitrogens with zero attached hydrogens (tertiary/aromatic N) is 3. The molecule has 19 heavy (non-hydrogen) atoms. The van der Waals surface area contributed by atoms with E-state index in [9.17, 15) is 0 Å². The Morgan fingerprint density at radius 3 is 2.84 bits per heavy atom. The molecule has 0 bridgehead atoms. The van der Waals surface area contributed by atoms with Crippen molar-refractivity contribution in [3.8, 4) is 0 Å². The molecule has 0 saturated heterocycles. The summed E-state index contributed by atoms with van der Waals surface area (Å²) in [6.45, 7) is 6.33. The molecular formula is C13H20N4OS. The molecule has 5 nitrogen and oxygen atoms in total. The Labute approximate surface area is 117 Å². The Hall–Kier alpha value is -1.40. The first kappa shape index (κ1) is 14.0. The summed E-state index contributed by atoms with van der Waals surface area (Å²) in [4.78, 5) is 13.0. The molecule has 0 aliphatic rings. The Bertz CT molecular complexity index is 555. The van der Waals surface area contributed by atoms with Crippen molar-refractivity contribution < 1.29 is 4.74 Å². The van der Waals surface area contributed by atoms with Crippen LogP contribution >= 0.6 is 11.3 Å². The first-order chi connectivity index (χ1) is 9.15. The van der Waals surface area contributed by atoms with Crippen LogP contribution in [-0.2, 0) is 11.2 Å². The molecule has 0 aliphatic heterocycles. The maximum atomic E-state index is 5.79. The maximum Gasteiger partial charge on any atom is 0.223 e. The van der Waals surface area contributed by atoms with Gasteiger partial charge in [0.25, 0.3) is 0 Å². The number of aromatic nitrogens is 2. The van der Waals surface area contributed by atoms with Crippen molar-refractivity contribution >= 4 is 33.3 Å². The van der Waals surface area contributed by atoms with Crippen LogP contribution < -0.4 is 10.6 Å². The van der Waals surface area contributed by atoms with E-state index >= 15 is 0 Å². The highest BCUT2D eigenvalue weighted by Crippen LogP contribution is 2.31. The van der Waals surface area contributed by atoms with Gasteiger partial charge in [-0.25, -0.2) is 4.98 Å². The minimum absolute atomic E-state index is 0.329. The number of anilines is 2. The third-order valence-electron chi connectivity index (χ3n) is 2.93. The second-order valence-electron chi connectivity index (χ2n) is 4.31. The lowest BCUT2D eigenvalue weighted by Crippen LogP contribution is -2.24. The molecule has 2 aromatic heterocycles. The molecule has 0 fully saturated rings. The largest absolute Gasteiger partial charge is 0.380 e. The van der Waals surface area contributed by atoms with Gasteiger partial charge in [0.1, 0.15) is 10.6 Å². The van der Waals surface area contributed by atoms with Crippen LogP contribution in [0.25, 0.3) is 10.2 Å². The summed E-state index contributed by atoms with van der Waals surface area (Å²) in [6, 6.07) is 2.16. The molecule has 0 radical (unpaired) electrons. The van der Waals surface area contributed by atoms with Crippen molar-refractivity contribution in [2.45, 2.75) is 20.3 Å². The minimum Gasteiger partial charge on any atom is -0.380 e. The van der Waals surface area contributed by atoms with E-state index in [0.29, 0.717) is 12.6 Å². The van der Waals surface area contributed by atoms with E-state index in [1.165, 1.54) is 4.88 Å². The van der Waals surface area contributed by atoms with Gasteiger partial charge in [0, 0.05) is 25.1 Å². The summed E-state index contributed by atoms with van der Waals surface area (Å²) < 4.78 is 5.38. The van der Waals surface area contributed by atoms with Gasteiger partial charge < -0.3 is 15.4 Å². The van der Waals surface area contributed by atoms with Gasteiger partial charge in [0.05, 0.1) is 12.0 Å². The number of likely N-dealkylation sites (N-methyl/N-ethyl adjacent to an activating group) is 1. The number of hydrogen-bond acceptors (Lipinski definition) is 6. The molecule has 2 heterocycles. The Kier molecular flexibility index (Phi) is 4.55. The SMILES string of the molecule is CCOCCN(C)c1nc(N)nc2sc(CC)cc12. The van der Waals surface area contributed by atoms with Crippen LogP contribution in [0.1, 0.15) is 18.7 Å². The standard InChI is InChI=1S/C13H20N4OS/c1-4-9-8-10-11(17(3)6-7-18-5-2)15-13(14)16-12(10)19-9/h8H,4-7H2,1-3H3,(H2,14,15,16). The van der Waals surface area contributed by atoms with E-state index in [4.69, 9.17) is 10.5 Å². The third kappa shape index (κ3) is 3.13. The van der Waals surface area contributed by atoms with Crippen molar-refractivity contribution in [1.82, 2.24) is 9.97 Å². The van der Waals surface area contributed by atoms with Gasteiger partial charge in [-0.2, -0.15) is 4.98 Å². The number of fused-ring (bicyclic) bond motifs is 1. The van der Waals surface area contributed by atoms with Gasteiger partial charge in [0.15, 0.2) is 0 Å². The van der Waals surface area contributed by atoms with E-state index < -0.39 is 0 Å². The number of ether oxygens (including phenoxy) is 1. The van der Waals surface area contributed by atoms with Gasteiger partial charge in [-0.15, -0.1) is 11.3 Å². The maximum absolute atomic E-state index is 5.79. The summed E-state index contributed by atoms with van der Waals surface area (Å²) in [5, 5.41) is 1.08. The fraction of sp³-hybridized carbons (Fsp3) is 0.538. The van der Waals surface area contributed by atoms with Crippen LogP contribution in [0.3, 0.4) is 0 Å². The number of thiophene rings is 1. The average Bonchev–Trinajstić information content (AvgIpc) is 2.80. The predicted octanol–water partition coefficient (Wildman–Crippen LogP) is 2.31. The van der Waals surface area contributed by atoms with Gasteiger partial charge in [-0.3, -0.25) is 0 Å². The molecule has 0 unspecified atom stereocenters. The Morgan fingerprint density at radius 2 is 2.16 bits per heavy atom. The van der Waals surface area contributed by atoms with Crippen molar-refractivity contribution in [2.75, 3.05) is 37.4 Å². The lowest BCUT2D eigenvalue weighted by molar-refractivity contribution is 0.154. The highest BCUT2D eigenvalue weighted by atomic mass is 32.1. The lowest BCUT2D eigenvalue weighted by atomic mass is 10.3. The molecule has 0 spiro atoms. The minimum atomic E-state index is 0.329.